The first-order chi connectivity index (χ1) is 8.35. The summed E-state index contributed by atoms with van der Waals surface area (Å²) in [6.07, 6.45) is 1.55. The van der Waals surface area contributed by atoms with E-state index >= 15 is 0 Å². The van der Waals surface area contributed by atoms with Gasteiger partial charge in [0.15, 0.2) is 17.0 Å². The number of nitrogens with zero attached hydrogens (tertiary/aromatic N) is 4. The van der Waals surface area contributed by atoms with E-state index in [0.29, 0.717) is 16.9 Å². The topological polar surface area (TPSA) is 104 Å². The molecule has 0 aliphatic carbocycles. The van der Waals surface area contributed by atoms with Crippen molar-refractivity contribution >= 4 is 22.9 Å². The Morgan fingerprint density at radius 3 is 2.50 bits per heavy atom. The largest absolute Gasteiger partial charge is 0.382 e. The molecule has 2 aromatic rings. The molecule has 2 aromatic heterocycles. The van der Waals surface area contributed by atoms with Crippen LogP contribution in [0.25, 0.3) is 11.2 Å². The van der Waals surface area contributed by atoms with E-state index in [-0.39, 0.29) is 17.2 Å². The lowest BCUT2D eigenvalue weighted by atomic mass is 9.98. The Labute approximate surface area is 105 Å². The summed E-state index contributed by atoms with van der Waals surface area (Å²) in [4.78, 5) is 16.2. The minimum absolute atomic E-state index is 0.0859. The molecule has 0 spiro atoms. The van der Waals surface area contributed by atoms with Crippen molar-refractivity contribution < 1.29 is 0 Å². The van der Waals surface area contributed by atoms with Crippen molar-refractivity contribution in [2.75, 3.05) is 11.5 Å². The second-order valence-corrected chi connectivity index (χ2v) is 4.89. The van der Waals surface area contributed by atoms with Gasteiger partial charge in [0.25, 0.3) is 0 Å². The van der Waals surface area contributed by atoms with E-state index in [1.54, 1.807) is 6.20 Å². The van der Waals surface area contributed by atoms with Crippen molar-refractivity contribution in [2.45, 2.75) is 20.8 Å². The zero-order valence-corrected chi connectivity index (χ0v) is 10.5. The molecule has 2 heterocycles. The van der Waals surface area contributed by atoms with E-state index in [4.69, 9.17) is 11.5 Å². The SMILES string of the molecule is CC(C)(C)C#Cc1cnc2nc(N)nc(N)c2n1. The Bertz CT molecular complexity index is 660. The van der Waals surface area contributed by atoms with Crippen molar-refractivity contribution in [1.29, 1.82) is 0 Å². The minimum atomic E-state index is -0.0974. The molecule has 0 unspecified atom stereocenters. The van der Waals surface area contributed by atoms with Gasteiger partial charge >= 0.3 is 0 Å². The van der Waals surface area contributed by atoms with Crippen LogP contribution in [0.2, 0.25) is 0 Å². The third kappa shape index (κ3) is 2.63. The molecule has 2 rings (SSSR count). The van der Waals surface area contributed by atoms with Gasteiger partial charge in [-0.2, -0.15) is 9.97 Å². The number of nitrogen functional groups attached to an aromatic ring is 2. The molecule has 18 heavy (non-hydrogen) atoms. The van der Waals surface area contributed by atoms with E-state index in [1.165, 1.54) is 0 Å². The predicted octanol–water partition coefficient (Wildman–Crippen LogP) is 0.982. The number of hydrogen-bond donors (Lipinski definition) is 2. The Morgan fingerprint density at radius 2 is 1.83 bits per heavy atom. The molecular formula is C12H14N6. The van der Waals surface area contributed by atoms with Gasteiger partial charge in [0.2, 0.25) is 5.95 Å². The summed E-state index contributed by atoms with van der Waals surface area (Å²) >= 11 is 0. The number of hydrogen-bond acceptors (Lipinski definition) is 6. The Kier molecular flexibility index (Phi) is 2.75. The van der Waals surface area contributed by atoms with Gasteiger partial charge in [-0.1, -0.05) is 5.92 Å². The van der Waals surface area contributed by atoms with Gasteiger partial charge in [-0.15, -0.1) is 0 Å². The summed E-state index contributed by atoms with van der Waals surface area (Å²) in [5.41, 5.74) is 12.4. The first-order valence-corrected chi connectivity index (χ1v) is 5.44. The van der Waals surface area contributed by atoms with Crippen molar-refractivity contribution in [1.82, 2.24) is 19.9 Å². The van der Waals surface area contributed by atoms with Gasteiger partial charge in [-0.05, 0) is 26.7 Å². The summed E-state index contributed by atoms with van der Waals surface area (Å²) < 4.78 is 0. The van der Waals surface area contributed by atoms with Gasteiger partial charge in [0, 0.05) is 5.41 Å². The molecule has 6 heteroatoms. The van der Waals surface area contributed by atoms with Crippen LogP contribution in [0.1, 0.15) is 26.5 Å². The molecule has 0 aromatic carbocycles. The van der Waals surface area contributed by atoms with Crippen molar-refractivity contribution in [2.24, 2.45) is 5.41 Å². The van der Waals surface area contributed by atoms with Crippen LogP contribution in [0, 0.1) is 17.3 Å². The second-order valence-electron chi connectivity index (χ2n) is 4.89. The maximum absolute atomic E-state index is 5.73. The molecule has 0 saturated carbocycles. The molecule has 0 atom stereocenters. The zero-order chi connectivity index (χ0) is 13.3. The quantitative estimate of drug-likeness (QED) is 0.667. The van der Waals surface area contributed by atoms with Gasteiger partial charge in [-0.3, -0.25) is 0 Å². The molecule has 0 fully saturated rings. The van der Waals surface area contributed by atoms with Gasteiger partial charge < -0.3 is 11.5 Å². The lowest BCUT2D eigenvalue weighted by Crippen LogP contribution is -2.04. The highest BCUT2D eigenvalue weighted by molar-refractivity contribution is 5.82. The molecule has 0 aliphatic rings. The summed E-state index contributed by atoms with van der Waals surface area (Å²) in [6, 6.07) is 0. The summed E-state index contributed by atoms with van der Waals surface area (Å²) in [5.74, 6) is 6.33. The lowest BCUT2D eigenvalue weighted by molar-refractivity contribution is 0.571. The smallest absolute Gasteiger partial charge is 0.224 e. The molecule has 0 amide bonds. The normalized spacial score (nSPS) is 11.1. The second kappa shape index (κ2) is 4.11. The molecule has 0 aliphatic heterocycles. The summed E-state index contributed by atoms with van der Waals surface area (Å²) in [6.45, 7) is 6.06. The first-order valence-electron chi connectivity index (χ1n) is 5.44. The highest BCUT2D eigenvalue weighted by Crippen LogP contribution is 2.15. The molecule has 6 nitrogen and oxygen atoms in total. The average molecular weight is 242 g/mol. The van der Waals surface area contributed by atoms with Crippen LogP contribution in [0.5, 0.6) is 0 Å². The maximum Gasteiger partial charge on any atom is 0.224 e. The standard InChI is InChI=1S/C12H14N6/c1-12(2,3)5-4-7-6-15-10-8(16-7)9(13)17-11(14)18-10/h6H,1-3H3,(H4,13,14,15,17,18). The summed E-state index contributed by atoms with van der Waals surface area (Å²) in [5, 5.41) is 0. The molecule has 0 saturated heterocycles. The predicted molar refractivity (Wildman–Crippen MR) is 70.3 cm³/mol. The minimum Gasteiger partial charge on any atom is -0.382 e. The number of nitrogens with two attached hydrogens (primary N) is 2. The van der Waals surface area contributed by atoms with Crippen LogP contribution in [-0.2, 0) is 0 Å². The highest BCUT2D eigenvalue weighted by Gasteiger charge is 2.07. The molecule has 92 valence electrons. The van der Waals surface area contributed by atoms with Crippen molar-refractivity contribution in [3.05, 3.63) is 11.9 Å². The Morgan fingerprint density at radius 1 is 1.11 bits per heavy atom. The highest BCUT2D eigenvalue weighted by atomic mass is 15.1. The van der Waals surface area contributed by atoms with E-state index in [9.17, 15) is 0 Å². The van der Waals surface area contributed by atoms with E-state index in [0.717, 1.165) is 0 Å². The van der Waals surface area contributed by atoms with Crippen LogP contribution < -0.4 is 11.5 Å². The Balaban J connectivity index is 2.53. The van der Waals surface area contributed by atoms with Crippen LogP contribution in [0.3, 0.4) is 0 Å². The van der Waals surface area contributed by atoms with Crippen molar-refractivity contribution in [3.8, 4) is 11.8 Å². The van der Waals surface area contributed by atoms with Crippen LogP contribution in [0.15, 0.2) is 6.20 Å². The number of aromatic nitrogens is 4. The van der Waals surface area contributed by atoms with E-state index in [1.807, 2.05) is 20.8 Å². The Hall–Kier alpha value is -2.42. The molecular weight excluding hydrogens is 228 g/mol. The van der Waals surface area contributed by atoms with Crippen LogP contribution in [0.4, 0.5) is 11.8 Å². The molecule has 0 radical (unpaired) electrons. The third-order valence-electron chi connectivity index (χ3n) is 2.02. The van der Waals surface area contributed by atoms with E-state index in [2.05, 4.69) is 31.8 Å². The fraction of sp³-hybridized carbons (Fsp3) is 0.333. The number of rotatable bonds is 0. The van der Waals surface area contributed by atoms with Gasteiger partial charge in [0.05, 0.1) is 6.20 Å². The first kappa shape index (κ1) is 12.0. The average Bonchev–Trinajstić information content (AvgIpc) is 2.25. The molecule has 0 bridgehead atoms. The third-order valence-corrected chi connectivity index (χ3v) is 2.02. The maximum atomic E-state index is 5.73. The van der Waals surface area contributed by atoms with Crippen LogP contribution in [-0.4, -0.2) is 19.9 Å². The van der Waals surface area contributed by atoms with E-state index < -0.39 is 0 Å². The monoisotopic (exact) mass is 242 g/mol. The fourth-order valence-electron chi connectivity index (χ4n) is 1.26. The number of anilines is 2. The molecule has 4 N–H and O–H groups in total. The number of fused-ring (bicyclic) bond motifs is 1. The summed E-state index contributed by atoms with van der Waals surface area (Å²) in [7, 11) is 0. The lowest BCUT2D eigenvalue weighted by Gasteiger charge is -2.06. The van der Waals surface area contributed by atoms with Gasteiger partial charge in [-0.25, -0.2) is 9.97 Å². The zero-order valence-electron chi connectivity index (χ0n) is 10.5. The van der Waals surface area contributed by atoms with Gasteiger partial charge in [0.1, 0.15) is 5.69 Å². The fourth-order valence-corrected chi connectivity index (χ4v) is 1.26. The van der Waals surface area contributed by atoms with Crippen molar-refractivity contribution in [3.63, 3.8) is 0 Å². The van der Waals surface area contributed by atoms with Crippen LogP contribution >= 0.6 is 0 Å².